The summed E-state index contributed by atoms with van der Waals surface area (Å²) in [5.41, 5.74) is 5.03. The van der Waals surface area contributed by atoms with Gasteiger partial charge >= 0.3 is 0 Å². The number of nitrogens with one attached hydrogen (secondary N) is 1. The van der Waals surface area contributed by atoms with Crippen LogP contribution in [0.5, 0.6) is 5.75 Å². The van der Waals surface area contributed by atoms with Gasteiger partial charge in [0.2, 0.25) is 5.91 Å². The van der Waals surface area contributed by atoms with Crippen LogP contribution in [0.2, 0.25) is 0 Å². The van der Waals surface area contributed by atoms with Crippen molar-refractivity contribution in [2.45, 2.75) is 78.7 Å². The molecule has 0 heterocycles. The molecule has 1 unspecified atom stereocenters. The summed E-state index contributed by atoms with van der Waals surface area (Å²) in [7, 11) is 0. The number of phenolic OH excluding ortho intramolecular Hbond substituents is 1. The highest BCUT2D eigenvalue weighted by atomic mass is 19.1. The Balaban J connectivity index is 2.16. The number of amides is 1. The van der Waals surface area contributed by atoms with Crippen LogP contribution in [-0.4, -0.2) is 17.1 Å². The molecule has 0 aliphatic carbocycles. The minimum atomic E-state index is -0.259. The molecule has 1 atom stereocenters. The predicted molar refractivity (Wildman–Crippen MR) is 117 cm³/mol. The Hall–Kier alpha value is -2.36. The highest BCUT2D eigenvalue weighted by Gasteiger charge is 2.22. The van der Waals surface area contributed by atoms with Crippen LogP contribution in [-0.2, 0) is 4.79 Å². The van der Waals surface area contributed by atoms with E-state index in [1.54, 1.807) is 0 Å². The topological polar surface area (TPSA) is 49.3 Å². The van der Waals surface area contributed by atoms with Gasteiger partial charge in [0.25, 0.3) is 0 Å². The number of halogens is 1. The summed E-state index contributed by atoms with van der Waals surface area (Å²) in [6, 6.07) is 8.75. The van der Waals surface area contributed by atoms with E-state index in [9.17, 15) is 14.3 Å². The number of phenols is 1. The van der Waals surface area contributed by atoms with Crippen LogP contribution in [0.15, 0.2) is 30.3 Å². The maximum atomic E-state index is 13.5. The summed E-state index contributed by atoms with van der Waals surface area (Å²) in [6.45, 7) is 9.94. The molecule has 4 heteroatoms. The normalized spacial score (nSPS) is 12.2. The van der Waals surface area contributed by atoms with Crippen molar-refractivity contribution in [2.24, 2.45) is 0 Å². The lowest BCUT2D eigenvalue weighted by Gasteiger charge is -2.24. The molecule has 0 spiro atoms. The number of hydrogen-bond acceptors (Lipinski definition) is 2. The highest BCUT2D eigenvalue weighted by molar-refractivity contribution is 5.76. The van der Waals surface area contributed by atoms with Crippen molar-refractivity contribution in [3.63, 3.8) is 0 Å². The number of hydrogen-bond donors (Lipinski definition) is 2. The minimum Gasteiger partial charge on any atom is -0.507 e. The van der Waals surface area contributed by atoms with Crippen molar-refractivity contribution >= 4 is 5.91 Å². The van der Waals surface area contributed by atoms with E-state index in [1.165, 1.54) is 12.1 Å². The quantitative estimate of drug-likeness (QED) is 0.503. The van der Waals surface area contributed by atoms with Gasteiger partial charge in [0, 0.05) is 23.9 Å². The molecule has 0 saturated heterocycles. The number of aromatic hydroxyl groups is 1. The van der Waals surface area contributed by atoms with E-state index in [0.717, 1.165) is 53.5 Å². The largest absolute Gasteiger partial charge is 0.507 e. The molecule has 0 aliphatic rings. The van der Waals surface area contributed by atoms with Gasteiger partial charge in [0.1, 0.15) is 11.6 Å². The van der Waals surface area contributed by atoms with Crippen LogP contribution in [0.4, 0.5) is 4.39 Å². The van der Waals surface area contributed by atoms with E-state index >= 15 is 0 Å². The zero-order valence-electron chi connectivity index (χ0n) is 18.3. The number of benzene rings is 2. The Morgan fingerprint density at radius 2 is 1.69 bits per heavy atom. The second-order valence-electron chi connectivity index (χ2n) is 8.32. The van der Waals surface area contributed by atoms with E-state index in [-0.39, 0.29) is 23.7 Å². The third-order valence-corrected chi connectivity index (χ3v) is 5.52. The van der Waals surface area contributed by atoms with Crippen molar-refractivity contribution in [2.75, 3.05) is 0 Å². The second-order valence-corrected chi connectivity index (χ2v) is 8.32. The van der Waals surface area contributed by atoms with E-state index < -0.39 is 0 Å². The van der Waals surface area contributed by atoms with Gasteiger partial charge in [-0.05, 0) is 81.8 Å². The molecule has 158 valence electrons. The van der Waals surface area contributed by atoms with Crippen molar-refractivity contribution in [3.8, 4) is 5.75 Å². The van der Waals surface area contributed by atoms with Gasteiger partial charge in [-0.25, -0.2) is 4.39 Å². The molecule has 0 fully saturated rings. The fourth-order valence-corrected chi connectivity index (χ4v) is 3.91. The molecule has 2 rings (SSSR count). The highest BCUT2D eigenvalue weighted by Crippen LogP contribution is 2.40. The van der Waals surface area contributed by atoms with Gasteiger partial charge in [0.05, 0.1) is 0 Å². The van der Waals surface area contributed by atoms with Crippen LogP contribution >= 0.6 is 0 Å². The number of aryl methyl sites for hydroxylation is 2. The first-order valence-corrected chi connectivity index (χ1v) is 10.5. The van der Waals surface area contributed by atoms with Gasteiger partial charge in [-0.15, -0.1) is 0 Å². The van der Waals surface area contributed by atoms with Gasteiger partial charge < -0.3 is 10.4 Å². The lowest BCUT2D eigenvalue weighted by atomic mass is 9.82. The third kappa shape index (κ3) is 6.31. The van der Waals surface area contributed by atoms with Crippen molar-refractivity contribution in [1.82, 2.24) is 5.32 Å². The summed E-state index contributed by atoms with van der Waals surface area (Å²) in [6.07, 6.45) is 4.09. The Labute approximate surface area is 174 Å². The van der Waals surface area contributed by atoms with Gasteiger partial charge in [0.15, 0.2) is 0 Å². The lowest BCUT2D eigenvalue weighted by molar-refractivity contribution is -0.121. The molecule has 2 aromatic carbocycles. The van der Waals surface area contributed by atoms with E-state index in [4.69, 9.17) is 0 Å². The minimum absolute atomic E-state index is 0.00121. The maximum Gasteiger partial charge on any atom is 0.220 e. The average molecular weight is 400 g/mol. The number of carbonyl (C=O) groups excluding carboxylic acids is 1. The number of unbranched alkanes of at least 4 members (excludes halogenated alkanes) is 2. The standard InChI is InChI=1S/C25H34FNO2/c1-16(2)27-23(28)10-8-6-7-9-22(20-11-13-21(26)14-12-20)24-19(5)17(3)15-18(4)25(24)29/h11-16,22,29H,6-10H2,1-5H3,(H,27,28). The van der Waals surface area contributed by atoms with Gasteiger partial charge in [-0.1, -0.05) is 31.0 Å². The zero-order chi connectivity index (χ0) is 21.6. The molecule has 0 aromatic heterocycles. The SMILES string of the molecule is Cc1cc(C)c(O)c(C(CCCCCC(=O)NC(C)C)c2ccc(F)cc2)c1C. The van der Waals surface area contributed by atoms with Crippen LogP contribution in [0.1, 0.15) is 79.7 Å². The molecule has 3 nitrogen and oxygen atoms in total. The maximum absolute atomic E-state index is 13.5. The smallest absolute Gasteiger partial charge is 0.220 e. The molecule has 0 aliphatic heterocycles. The number of carbonyl (C=O) groups is 1. The first kappa shape index (κ1) is 22.9. The van der Waals surface area contributed by atoms with Crippen LogP contribution in [0.25, 0.3) is 0 Å². The Bertz CT molecular complexity index is 801. The Kier molecular flexibility index (Phi) is 8.24. The summed E-state index contributed by atoms with van der Waals surface area (Å²) < 4.78 is 13.5. The molecular formula is C25H34FNO2. The molecule has 0 radical (unpaired) electrons. The fraction of sp³-hybridized carbons (Fsp3) is 0.480. The van der Waals surface area contributed by atoms with Crippen LogP contribution in [0.3, 0.4) is 0 Å². The van der Waals surface area contributed by atoms with Crippen molar-refractivity contribution in [1.29, 1.82) is 0 Å². The Morgan fingerprint density at radius 3 is 2.31 bits per heavy atom. The second kappa shape index (κ2) is 10.4. The summed E-state index contributed by atoms with van der Waals surface area (Å²) in [4.78, 5) is 11.8. The molecule has 29 heavy (non-hydrogen) atoms. The third-order valence-electron chi connectivity index (χ3n) is 5.52. The monoisotopic (exact) mass is 399 g/mol. The van der Waals surface area contributed by atoms with Crippen molar-refractivity contribution in [3.05, 3.63) is 64.0 Å². The van der Waals surface area contributed by atoms with Gasteiger partial charge in [-0.3, -0.25) is 4.79 Å². The fourth-order valence-electron chi connectivity index (χ4n) is 3.91. The first-order valence-electron chi connectivity index (χ1n) is 10.5. The van der Waals surface area contributed by atoms with Crippen molar-refractivity contribution < 1.29 is 14.3 Å². The molecule has 0 saturated carbocycles. The van der Waals surface area contributed by atoms with Gasteiger partial charge in [-0.2, -0.15) is 0 Å². The molecular weight excluding hydrogens is 365 g/mol. The predicted octanol–water partition coefficient (Wildman–Crippen LogP) is 6.06. The van der Waals surface area contributed by atoms with E-state index in [2.05, 4.69) is 12.2 Å². The van der Waals surface area contributed by atoms with E-state index in [0.29, 0.717) is 12.2 Å². The molecule has 1 amide bonds. The summed E-state index contributed by atoms with van der Waals surface area (Å²) >= 11 is 0. The number of rotatable bonds is 9. The Morgan fingerprint density at radius 1 is 1.03 bits per heavy atom. The zero-order valence-corrected chi connectivity index (χ0v) is 18.3. The van der Waals surface area contributed by atoms with Crippen LogP contribution < -0.4 is 5.32 Å². The molecule has 2 N–H and O–H groups in total. The summed E-state index contributed by atoms with van der Waals surface area (Å²) in [5, 5.41) is 13.7. The van der Waals surface area contributed by atoms with Crippen LogP contribution in [0, 0.1) is 26.6 Å². The molecule has 0 bridgehead atoms. The lowest BCUT2D eigenvalue weighted by Crippen LogP contribution is -2.29. The summed E-state index contributed by atoms with van der Waals surface area (Å²) in [5.74, 6) is 0.167. The average Bonchev–Trinajstić information content (AvgIpc) is 2.65. The molecule has 2 aromatic rings. The first-order chi connectivity index (χ1) is 13.7. The van der Waals surface area contributed by atoms with E-state index in [1.807, 2.05) is 45.9 Å².